The molecule has 2 heterocycles. The van der Waals surface area contributed by atoms with E-state index < -0.39 is 21.8 Å². The van der Waals surface area contributed by atoms with Crippen molar-refractivity contribution >= 4 is 15.8 Å². The molecule has 10 heteroatoms. The molecule has 0 aliphatic carbocycles. The summed E-state index contributed by atoms with van der Waals surface area (Å²) in [6, 6.07) is 10.3. The molecule has 0 N–H and O–H groups in total. The molecule has 0 radical (unpaired) electrons. The highest BCUT2D eigenvalue weighted by Crippen LogP contribution is 2.31. The number of benzene rings is 2. The predicted molar refractivity (Wildman–Crippen MR) is 129 cm³/mol. The Morgan fingerprint density at radius 3 is 1.94 bits per heavy atom. The van der Waals surface area contributed by atoms with Gasteiger partial charge in [0.25, 0.3) is 0 Å². The first-order valence-corrected chi connectivity index (χ1v) is 12.7. The summed E-state index contributed by atoms with van der Waals surface area (Å²) in [4.78, 5) is 11.3. The van der Waals surface area contributed by atoms with Crippen LogP contribution in [0.25, 0.3) is 11.4 Å². The van der Waals surface area contributed by atoms with E-state index in [4.69, 9.17) is 0 Å². The van der Waals surface area contributed by atoms with Crippen LogP contribution in [0.4, 0.5) is 19.0 Å². The van der Waals surface area contributed by atoms with Gasteiger partial charge in [-0.15, -0.1) is 0 Å². The van der Waals surface area contributed by atoms with Gasteiger partial charge in [0.1, 0.15) is 5.82 Å². The topological polar surface area (TPSA) is 66.4 Å². The molecule has 3 aromatic rings. The van der Waals surface area contributed by atoms with Crippen molar-refractivity contribution in [1.29, 1.82) is 0 Å². The Morgan fingerprint density at radius 1 is 0.829 bits per heavy atom. The second-order valence-corrected chi connectivity index (χ2v) is 10.8. The highest BCUT2D eigenvalue weighted by molar-refractivity contribution is 7.89. The molecule has 1 aliphatic rings. The number of hydrogen-bond acceptors (Lipinski definition) is 5. The van der Waals surface area contributed by atoms with Crippen LogP contribution in [0.1, 0.15) is 27.9 Å². The van der Waals surface area contributed by atoms with Crippen molar-refractivity contribution in [3.63, 3.8) is 0 Å². The molecule has 0 atom stereocenters. The van der Waals surface area contributed by atoms with Gasteiger partial charge in [-0.25, -0.2) is 18.4 Å². The minimum Gasteiger partial charge on any atom is -0.354 e. The first-order valence-electron chi connectivity index (χ1n) is 11.2. The maximum Gasteiger partial charge on any atom is 0.416 e. The number of halogens is 3. The lowest BCUT2D eigenvalue weighted by Crippen LogP contribution is -2.49. The fourth-order valence-electron chi connectivity index (χ4n) is 4.51. The van der Waals surface area contributed by atoms with Gasteiger partial charge in [-0.05, 0) is 51.0 Å². The third kappa shape index (κ3) is 5.18. The third-order valence-corrected chi connectivity index (χ3v) is 8.28. The zero-order valence-electron chi connectivity index (χ0n) is 20.0. The molecule has 4 rings (SSSR count). The van der Waals surface area contributed by atoms with E-state index in [0.717, 1.165) is 28.8 Å². The standard InChI is InChI=1S/C25H27F3N4O2S/c1-16-13-17(2)23(18(3)14-16)35(33,34)32-11-9-31(10-12-32)22-15-19(4)29-24(30-22)20-5-7-21(8-6-20)25(26,27)28/h5-8,13-15H,9-12H2,1-4H3. The van der Waals surface area contributed by atoms with E-state index in [0.29, 0.717) is 54.0 Å². The molecular weight excluding hydrogens is 477 g/mol. The van der Waals surface area contributed by atoms with Gasteiger partial charge in [-0.2, -0.15) is 17.5 Å². The summed E-state index contributed by atoms with van der Waals surface area (Å²) in [6.07, 6.45) is -4.41. The van der Waals surface area contributed by atoms with Gasteiger partial charge in [0.05, 0.1) is 10.5 Å². The number of rotatable bonds is 4. The van der Waals surface area contributed by atoms with Gasteiger partial charge in [-0.3, -0.25) is 0 Å². The molecule has 35 heavy (non-hydrogen) atoms. The second-order valence-electron chi connectivity index (χ2n) is 8.89. The van der Waals surface area contributed by atoms with Gasteiger partial charge in [0, 0.05) is 43.5 Å². The summed E-state index contributed by atoms with van der Waals surface area (Å²) in [5.74, 6) is 0.946. The van der Waals surface area contributed by atoms with Gasteiger partial charge in [0.15, 0.2) is 5.82 Å². The fraction of sp³-hybridized carbons (Fsp3) is 0.360. The molecule has 0 saturated carbocycles. The molecule has 0 bridgehead atoms. The predicted octanol–water partition coefficient (Wildman–Crippen LogP) is 4.91. The Balaban J connectivity index is 1.54. The number of sulfonamides is 1. The second kappa shape index (κ2) is 9.23. The van der Waals surface area contributed by atoms with Crippen LogP contribution in [0.2, 0.25) is 0 Å². The van der Waals surface area contributed by atoms with Crippen LogP contribution < -0.4 is 4.90 Å². The molecule has 1 aliphatic heterocycles. The zero-order valence-corrected chi connectivity index (χ0v) is 20.8. The van der Waals surface area contributed by atoms with E-state index in [1.807, 2.05) is 37.8 Å². The first kappa shape index (κ1) is 25.1. The molecule has 2 aromatic carbocycles. The molecule has 1 saturated heterocycles. The Labute approximate surface area is 203 Å². The van der Waals surface area contributed by atoms with E-state index in [1.54, 1.807) is 13.0 Å². The molecule has 186 valence electrons. The Morgan fingerprint density at radius 2 is 1.40 bits per heavy atom. The van der Waals surface area contributed by atoms with E-state index in [9.17, 15) is 21.6 Å². The smallest absolute Gasteiger partial charge is 0.354 e. The number of alkyl halides is 3. The highest BCUT2D eigenvalue weighted by Gasteiger charge is 2.32. The number of hydrogen-bond donors (Lipinski definition) is 0. The summed E-state index contributed by atoms with van der Waals surface area (Å²) in [5.41, 5.74) is 2.91. The van der Waals surface area contributed by atoms with Crippen LogP contribution in [0.15, 0.2) is 47.4 Å². The monoisotopic (exact) mass is 504 g/mol. The van der Waals surface area contributed by atoms with Crippen molar-refractivity contribution in [2.45, 2.75) is 38.8 Å². The summed E-state index contributed by atoms with van der Waals surface area (Å²) in [5, 5.41) is 0. The SMILES string of the molecule is Cc1cc(C)c(S(=O)(=O)N2CCN(c3cc(C)nc(-c4ccc(C(F)(F)F)cc4)n3)CC2)c(C)c1. The van der Waals surface area contributed by atoms with Gasteiger partial charge < -0.3 is 4.90 Å². The normalized spacial score (nSPS) is 15.5. The lowest BCUT2D eigenvalue weighted by atomic mass is 10.1. The quantitative estimate of drug-likeness (QED) is 0.505. The largest absolute Gasteiger partial charge is 0.416 e. The first-order chi connectivity index (χ1) is 16.4. The lowest BCUT2D eigenvalue weighted by Gasteiger charge is -2.35. The van der Waals surface area contributed by atoms with Gasteiger partial charge in [0.2, 0.25) is 10.0 Å². The van der Waals surface area contributed by atoms with Crippen LogP contribution in [0.5, 0.6) is 0 Å². The van der Waals surface area contributed by atoms with Crippen molar-refractivity contribution in [2.75, 3.05) is 31.1 Å². The van der Waals surface area contributed by atoms with Crippen molar-refractivity contribution in [2.24, 2.45) is 0 Å². The van der Waals surface area contributed by atoms with Gasteiger partial charge >= 0.3 is 6.18 Å². The van der Waals surface area contributed by atoms with Crippen molar-refractivity contribution in [3.8, 4) is 11.4 Å². The third-order valence-electron chi connectivity index (χ3n) is 6.08. The molecule has 0 spiro atoms. The van der Waals surface area contributed by atoms with Crippen molar-refractivity contribution < 1.29 is 21.6 Å². The maximum atomic E-state index is 13.4. The zero-order chi connectivity index (χ0) is 25.5. The summed E-state index contributed by atoms with van der Waals surface area (Å²) < 4.78 is 66.9. The average Bonchev–Trinajstić information content (AvgIpc) is 2.77. The maximum absolute atomic E-state index is 13.4. The average molecular weight is 505 g/mol. The highest BCUT2D eigenvalue weighted by atomic mass is 32.2. The van der Waals surface area contributed by atoms with Crippen molar-refractivity contribution in [3.05, 3.63) is 70.4 Å². The number of aryl methyl sites for hydroxylation is 4. The summed E-state index contributed by atoms with van der Waals surface area (Å²) in [7, 11) is -3.64. The molecular formula is C25H27F3N4O2S. The minimum atomic E-state index is -4.41. The van der Waals surface area contributed by atoms with Crippen LogP contribution in [-0.2, 0) is 16.2 Å². The van der Waals surface area contributed by atoms with E-state index in [1.165, 1.54) is 16.4 Å². The summed E-state index contributed by atoms with van der Waals surface area (Å²) in [6.45, 7) is 8.84. The Bertz CT molecular complexity index is 1330. The number of anilines is 1. The molecule has 1 aromatic heterocycles. The van der Waals surface area contributed by atoms with Crippen LogP contribution in [0.3, 0.4) is 0 Å². The molecule has 1 fully saturated rings. The fourth-order valence-corrected chi connectivity index (χ4v) is 6.35. The number of aromatic nitrogens is 2. The summed E-state index contributed by atoms with van der Waals surface area (Å²) >= 11 is 0. The minimum absolute atomic E-state index is 0.299. The molecule has 0 unspecified atom stereocenters. The molecule has 0 amide bonds. The van der Waals surface area contributed by atoms with E-state index in [2.05, 4.69) is 9.97 Å². The number of nitrogens with zero attached hydrogens (tertiary/aromatic N) is 4. The van der Waals surface area contributed by atoms with Crippen LogP contribution in [-0.4, -0.2) is 48.9 Å². The van der Waals surface area contributed by atoms with Crippen LogP contribution in [0, 0.1) is 27.7 Å². The van der Waals surface area contributed by atoms with Crippen LogP contribution >= 0.6 is 0 Å². The lowest BCUT2D eigenvalue weighted by molar-refractivity contribution is -0.137. The Hall–Kier alpha value is -2.98. The van der Waals surface area contributed by atoms with Gasteiger partial charge in [-0.1, -0.05) is 29.8 Å². The molecule has 6 nitrogen and oxygen atoms in total. The van der Waals surface area contributed by atoms with E-state index in [-0.39, 0.29) is 0 Å². The number of piperazine rings is 1. The Kier molecular flexibility index (Phi) is 6.63. The van der Waals surface area contributed by atoms with Crippen molar-refractivity contribution in [1.82, 2.24) is 14.3 Å². The van der Waals surface area contributed by atoms with E-state index >= 15 is 0 Å².